The standard InChI is InChI=1S/C18H15ClF4N4O3S/c1-9(18(21,22)23)26-31(29,30)14-8-27(12-3-4-12)16(15(14)19)17(28)25-11-2-5-13(20)10(6-11)7-24/h2,5-6,8-9,12,26H,3-4H2,1H3,(H,25,28)/t9-/m1/s1. The Morgan fingerprint density at radius 2 is 2.00 bits per heavy atom. The van der Waals surface area contributed by atoms with E-state index in [0.29, 0.717) is 19.8 Å². The van der Waals surface area contributed by atoms with E-state index in [0.717, 1.165) is 18.3 Å². The number of hydrogen-bond acceptors (Lipinski definition) is 4. The van der Waals surface area contributed by atoms with E-state index < -0.39 is 43.9 Å². The first kappa shape index (κ1) is 23.1. The van der Waals surface area contributed by atoms with Gasteiger partial charge >= 0.3 is 6.18 Å². The summed E-state index contributed by atoms with van der Waals surface area (Å²) in [6.07, 6.45) is -2.57. The van der Waals surface area contributed by atoms with Crippen LogP contribution < -0.4 is 10.0 Å². The van der Waals surface area contributed by atoms with E-state index in [2.05, 4.69) is 5.32 Å². The Morgan fingerprint density at radius 1 is 1.35 bits per heavy atom. The molecule has 1 heterocycles. The normalized spacial score (nSPS) is 15.4. The van der Waals surface area contributed by atoms with Crippen LogP contribution in [0.3, 0.4) is 0 Å². The van der Waals surface area contributed by atoms with Gasteiger partial charge in [-0.15, -0.1) is 0 Å². The second kappa shape index (κ2) is 8.14. The number of sulfonamides is 1. The van der Waals surface area contributed by atoms with Crippen molar-refractivity contribution in [3.05, 3.63) is 46.5 Å². The summed E-state index contributed by atoms with van der Waals surface area (Å²) in [4.78, 5) is 12.1. The lowest BCUT2D eigenvalue weighted by molar-refractivity contribution is -0.147. The Bertz CT molecular complexity index is 1180. The number of amides is 1. The third-order valence-electron chi connectivity index (χ3n) is 4.55. The molecule has 13 heteroatoms. The van der Waals surface area contributed by atoms with Crippen LogP contribution in [0.1, 0.15) is 41.9 Å². The molecule has 1 fully saturated rings. The molecule has 0 aliphatic heterocycles. The highest BCUT2D eigenvalue weighted by Crippen LogP contribution is 2.41. The predicted octanol–water partition coefficient (Wildman–Crippen LogP) is 3.97. The smallest absolute Gasteiger partial charge is 0.338 e. The van der Waals surface area contributed by atoms with E-state index in [1.165, 1.54) is 15.4 Å². The number of carbonyl (C=O) groups is 1. The molecular formula is C18H15ClF4N4O3S. The molecule has 0 unspecified atom stereocenters. The Kier molecular flexibility index (Phi) is 6.05. The minimum absolute atomic E-state index is 0.0517. The van der Waals surface area contributed by atoms with Crippen LogP contribution >= 0.6 is 11.6 Å². The molecule has 7 nitrogen and oxygen atoms in total. The molecule has 0 spiro atoms. The fourth-order valence-corrected chi connectivity index (χ4v) is 4.61. The number of nitrogens with one attached hydrogen (secondary N) is 2. The van der Waals surface area contributed by atoms with Gasteiger partial charge in [0, 0.05) is 17.9 Å². The van der Waals surface area contributed by atoms with Crippen LogP contribution in [-0.2, 0) is 10.0 Å². The lowest BCUT2D eigenvalue weighted by Crippen LogP contribution is -2.42. The third-order valence-corrected chi connectivity index (χ3v) is 6.60. The van der Waals surface area contributed by atoms with Gasteiger partial charge in [-0.05, 0) is 38.0 Å². The number of aromatic nitrogens is 1. The Labute approximate surface area is 179 Å². The second-order valence-corrected chi connectivity index (χ2v) is 9.00. The Balaban J connectivity index is 1.97. The van der Waals surface area contributed by atoms with Gasteiger partial charge < -0.3 is 9.88 Å². The van der Waals surface area contributed by atoms with Gasteiger partial charge in [0.1, 0.15) is 28.5 Å². The van der Waals surface area contributed by atoms with Gasteiger partial charge in [-0.2, -0.15) is 23.2 Å². The fourth-order valence-electron chi connectivity index (χ4n) is 2.76. The first-order valence-electron chi connectivity index (χ1n) is 8.85. The number of rotatable bonds is 6. The van der Waals surface area contributed by atoms with Gasteiger partial charge in [-0.25, -0.2) is 12.8 Å². The molecule has 1 atom stereocenters. The summed E-state index contributed by atoms with van der Waals surface area (Å²) < 4.78 is 79.7. The minimum Gasteiger partial charge on any atom is -0.338 e. The molecule has 1 aliphatic rings. The maximum atomic E-state index is 13.5. The molecule has 0 bridgehead atoms. The monoisotopic (exact) mass is 478 g/mol. The zero-order valence-electron chi connectivity index (χ0n) is 15.8. The summed E-state index contributed by atoms with van der Waals surface area (Å²) in [6.45, 7) is 0.637. The first-order chi connectivity index (χ1) is 14.3. The molecule has 3 rings (SSSR count). The minimum atomic E-state index is -4.82. The maximum Gasteiger partial charge on any atom is 0.404 e. The average Bonchev–Trinajstić information content (AvgIpc) is 3.44. The molecule has 1 aliphatic carbocycles. The van der Waals surface area contributed by atoms with Crippen molar-refractivity contribution in [2.45, 2.75) is 42.9 Å². The Hall–Kier alpha value is -2.62. The SMILES string of the molecule is C[C@@H](NS(=O)(=O)c1cn(C2CC2)c(C(=O)Nc2ccc(F)c(C#N)c2)c1Cl)C(F)(F)F. The van der Waals surface area contributed by atoms with Crippen LogP contribution in [0.4, 0.5) is 23.2 Å². The van der Waals surface area contributed by atoms with Crippen LogP contribution in [0.5, 0.6) is 0 Å². The van der Waals surface area contributed by atoms with E-state index in [-0.39, 0.29) is 23.0 Å². The van der Waals surface area contributed by atoms with Crippen LogP contribution in [0, 0.1) is 17.1 Å². The number of nitriles is 1. The molecule has 166 valence electrons. The molecule has 0 radical (unpaired) electrons. The predicted molar refractivity (Wildman–Crippen MR) is 103 cm³/mol. The van der Waals surface area contributed by atoms with Gasteiger partial charge in [0.2, 0.25) is 10.0 Å². The van der Waals surface area contributed by atoms with E-state index >= 15 is 0 Å². The second-order valence-electron chi connectivity index (χ2n) is 6.94. The number of anilines is 1. The number of benzene rings is 1. The van der Waals surface area contributed by atoms with Gasteiger partial charge in [-0.3, -0.25) is 4.79 Å². The highest BCUT2D eigenvalue weighted by atomic mass is 35.5. The lowest BCUT2D eigenvalue weighted by atomic mass is 10.2. The van der Waals surface area contributed by atoms with Crippen molar-refractivity contribution < 1.29 is 30.8 Å². The van der Waals surface area contributed by atoms with Crippen molar-refractivity contribution in [3.63, 3.8) is 0 Å². The Morgan fingerprint density at radius 3 is 2.55 bits per heavy atom. The largest absolute Gasteiger partial charge is 0.404 e. The molecule has 1 aromatic heterocycles. The van der Waals surface area contributed by atoms with E-state index in [9.17, 15) is 30.8 Å². The zero-order chi connectivity index (χ0) is 23.1. The van der Waals surface area contributed by atoms with E-state index in [4.69, 9.17) is 16.9 Å². The molecule has 2 aromatic rings. The average molecular weight is 479 g/mol. The number of halogens is 5. The van der Waals surface area contributed by atoms with Crippen molar-refractivity contribution in [2.75, 3.05) is 5.32 Å². The topological polar surface area (TPSA) is 104 Å². The van der Waals surface area contributed by atoms with Crippen molar-refractivity contribution in [3.8, 4) is 6.07 Å². The summed E-state index contributed by atoms with van der Waals surface area (Å²) in [5, 5.41) is 10.8. The van der Waals surface area contributed by atoms with Crippen LogP contribution in [0.25, 0.3) is 0 Å². The van der Waals surface area contributed by atoms with Crippen LogP contribution in [-0.4, -0.2) is 31.1 Å². The van der Waals surface area contributed by atoms with Gasteiger partial charge in [-0.1, -0.05) is 11.6 Å². The summed E-state index contributed by atoms with van der Waals surface area (Å²) in [5.74, 6) is -1.66. The van der Waals surface area contributed by atoms with E-state index in [1.807, 2.05) is 0 Å². The van der Waals surface area contributed by atoms with Crippen molar-refractivity contribution in [1.82, 2.24) is 9.29 Å². The molecule has 1 amide bonds. The molecular weight excluding hydrogens is 464 g/mol. The molecule has 0 saturated heterocycles. The molecule has 2 N–H and O–H groups in total. The van der Waals surface area contributed by atoms with Gasteiger partial charge in [0.05, 0.1) is 10.6 Å². The molecule has 31 heavy (non-hydrogen) atoms. The molecule has 1 saturated carbocycles. The lowest BCUT2D eigenvalue weighted by Gasteiger charge is -2.16. The van der Waals surface area contributed by atoms with Crippen LogP contribution in [0.15, 0.2) is 29.3 Å². The van der Waals surface area contributed by atoms with Crippen LogP contribution in [0.2, 0.25) is 5.02 Å². The van der Waals surface area contributed by atoms with Gasteiger partial charge in [0.25, 0.3) is 5.91 Å². The van der Waals surface area contributed by atoms with Crippen molar-refractivity contribution in [2.24, 2.45) is 0 Å². The quantitative estimate of drug-likeness (QED) is 0.613. The number of hydrogen-bond donors (Lipinski definition) is 2. The summed E-state index contributed by atoms with van der Waals surface area (Å²) in [7, 11) is -4.70. The number of carbonyl (C=O) groups excluding carboxylic acids is 1. The third kappa shape index (κ3) is 4.84. The summed E-state index contributed by atoms with van der Waals surface area (Å²) in [6, 6.07) is 2.23. The van der Waals surface area contributed by atoms with Crippen molar-refractivity contribution in [1.29, 1.82) is 5.26 Å². The number of nitrogens with zero attached hydrogens (tertiary/aromatic N) is 2. The van der Waals surface area contributed by atoms with E-state index in [1.54, 1.807) is 6.07 Å². The summed E-state index contributed by atoms with van der Waals surface area (Å²) in [5.41, 5.74) is -0.544. The number of alkyl halides is 3. The molecule has 1 aromatic carbocycles. The highest BCUT2D eigenvalue weighted by Gasteiger charge is 2.41. The zero-order valence-corrected chi connectivity index (χ0v) is 17.4. The van der Waals surface area contributed by atoms with Gasteiger partial charge in [0.15, 0.2) is 0 Å². The summed E-state index contributed by atoms with van der Waals surface area (Å²) >= 11 is 6.13. The van der Waals surface area contributed by atoms with Crippen molar-refractivity contribution >= 4 is 33.2 Å². The fraction of sp³-hybridized carbons (Fsp3) is 0.333. The maximum absolute atomic E-state index is 13.5. The first-order valence-corrected chi connectivity index (χ1v) is 10.7. The highest BCUT2D eigenvalue weighted by molar-refractivity contribution is 7.89.